The Bertz CT molecular complexity index is 491. The van der Waals surface area contributed by atoms with Crippen LogP contribution >= 0.6 is 0 Å². The molecule has 0 bridgehead atoms. The van der Waals surface area contributed by atoms with Crippen LogP contribution in [-0.2, 0) is 13.1 Å². The van der Waals surface area contributed by atoms with E-state index in [0.717, 1.165) is 17.7 Å². The summed E-state index contributed by atoms with van der Waals surface area (Å²) in [6.45, 7) is 3.05. The van der Waals surface area contributed by atoms with Crippen LogP contribution in [-0.4, -0.2) is 9.78 Å². The van der Waals surface area contributed by atoms with Crippen molar-refractivity contribution in [3.05, 3.63) is 42.0 Å². The van der Waals surface area contributed by atoms with Gasteiger partial charge < -0.3 is 5.73 Å². The van der Waals surface area contributed by atoms with Gasteiger partial charge >= 0.3 is 0 Å². The summed E-state index contributed by atoms with van der Waals surface area (Å²) in [6.07, 6.45) is 3.71. The van der Waals surface area contributed by atoms with Crippen molar-refractivity contribution < 1.29 is 4.39 Å². The highest BCUT2D eigenvalue weighted by molar-refractivity contribution is 5.62. The fraction of sp³-hybridized carbons (Fsp3) is 0.250. The summed E-state index contributed by atoms with van der Waals surface area (Å²) in [5.41, 5.74) is 7.93. The van der Waals surface area contributed by atoms with Gasteiger partial charge in [-0.3, -0.25) is 4.68 Å². The normalized spacial score (nSPS) is 10.7. The highest BCUT2D eigenvalue weighted by Gasteiger charge is 2.05. The molecule has 0 aliphatic carbocycles. The van der Waals surface area contributed by atoms with Crippen LogP contribution in [0.1, 0.15) is 12.5 Å². The summed E-state index contributed by atoms with van der Waals surface area (Å²) in [4.78, 5) is 0. The van der Waals surface area contributed by atoms with Crippen molar-refractivity contribution in [3.63, 3.8) is 0 Å². The molecule has 0 spiro atoms. The molecule has 0 saturated heterocycles. The van der Waals surface area contributed by atoms with Crippen molar-refractivity contribution in [2.75, 3.05) is 0 Å². The smallest absolute Gasteiger partial charge is 0.127 e. The van der Waals surface area contributed by atoms with Gasteiger partial charge in [-0.1, -0.05) is 6.07 Å². The van der Waals surface area contributed by atoms with Crippen LogP contribution in [0.5, 0.6) is 0 Å². The Morgan fingerprint density at radius 3 is 2.81 bits per heavy atom. The summed E-state index contributed by atoms with van der Waals surface area (Å²) >= 11 is 0. The lowest BCUT2D eigenvalue weighted by Crippen LogP contribution is -1.99. The minimum Gasteiger partial charge on any atom is -0.326 e. The molecule has 2 aromatic rings. The zero-order valence-corrected chi connectivity index (χ0v) is 9.15. The lowest BCUT2D eigenvalue weighted by molar-refractivity contribution is 0.611. The van der Waals surface area contributed by atoms with Crippen LogP contribution in [0, 0.1) is 5.82 Å². The third-order valence-corrected chi connectivity index (χ3v) is 2.56. The number of nitrogens with zero attached hydrogens (tertiary/aromatic N) is 2. The highest BCUT2D eigenvalue weighted by Crippen LogP contribution is 2.21. The van der Waals surface area contributed by atoms with E-state index in [4.69, 9.17) is 5.73 Å². The molecule has 0 aliphatic rings. The number of halogens is 1. The van der Waals surface area contributed by atoms with Gasteiger partial charge in [0.25, 0.3) is 0 Å². The van der Waals surface area contributed by atoms with Gasteiger partial charge in [-0.05, 0) is 24.6 Å². The third-order valence-electron chi connectivity index (χ3n) is 2.56. The zero-order valence-electron chi connectivity index (χ0n) is 9.15. The van der Waals surface area contributed by atoms with Crippen molar-refractivity contribution in [2.45, 2.75) is 20.0 Å². The van der Waals surface area contributed by atoms with Crippen LogP contribution in [0.3, 0.4) is 0 Å². The van der Waals surface area contributed by atoms with Gasteiger partial charge in [0, 0.05) is 30.4 Å². The zero-order chi connectivity index (χ0) is 11.5. The van der Waals surface area contributed by atoms with E-state index in [1.54, 1.807) is 18.3 Å². The largest absolute Gasteiger partial charge is 0.326 e. The molecule has 2 rings (SSSR count). The molecular weight excluding hydrogens is 205 g/mol. The Morgan fingerprint density at radius 2 is 2.19 bits per heavy atom. The molecule has 1 aromatic carbocycles. The molecule has 0 aliphatic heterocycles. The number of hydrogen-bond acceptors (Lipinski definition) is 2. The van der Waals surface area contributed by atoms with E-state index in [1.807, 2.05) is 17.8 Å². The second kappa shape index (κ2) is 4.45. The monoisotopic (exact) mass is 219 g/mol. The molecular formula is C12H14FN3. The molecule has 2 N–H and O–H groups in total. The Labute approximate surface area is 93.7 Å². The van der Waals surface area contributed by atoms with Crippen LogP contribution < -0.4 is 5.73 Å². The number of hydrogen-bond donors (Lipinski definition) is 1. The SMILES string of the molecule is CCn1cc(-c2ccc(F)c(CN)c2)cn1. The molecule has 16 heavy (non-hydrogen) atoms. The summed E-state index contributed by atoms with van der Waals surface area (Å²) in [6, 6.07) is 4.96. The quantitative estimate of drug-likeness (QED) is 0.859. The minimum atomic E-state index is -0.255. The number of rotatable bonds is 3. The lowest BCUT2D eigenvalue weighted by atomic mass is 10.1. The fourth-order valence-electron chi connectivity index (χ4n) is 1.60. The van der Waals surface area contributed by atoms with Gasteiger partial charge in [0.1, 0.15) is 5.82 Å². The van der Waals surface area contributed by atoms with Gasteiger partial charge in [0.05, 0.1) is 6.20 Å². The van der Waals surface area contributed by atoms with Crippen LogP contribution in [0.2, 0.25) is 0 Å². The number of benzene rings is 1. The molecule has 0 unspecified atom stereocenters. The van der Waals surface area contributed by atoms with E-state index in [9.17, 15) is 4.39 Å². The number of aromatic nitrogens is 2. The second-order valence-electron chi connectivity index (χ2n) is 3.60. The van der Waals surface area contributed by atoms with E-state index in [1.165, 1.54) is 6.07 Å². The molecule has 0 fully saturated rings. The Kier molecular flexibility index (Phi) is 3.01. The van der Waals surface area contributed by atoms with E-state index < -0.39 is 0 Å². The Morgan fingerprint density at radius 1 is 1.38 bits per heavy atom. The van der Waals surface area contributed by atoms with Crippen LogP contribution in [0.15, 0.2) is 30.6 Å². The molecule has 1 heterocycles. The predicted octanol–water partition coefficient (Wildman–Crippen LogP) is 2.17. The molecule has 3 nitrogen and oxygen atoms in total. The molecule has 4 heteroatoms. The van der Waals surface area contributed by atoms with Gasteiger partial charge in [0.15, 0.2) is 0 Å². The van der Waals surface area contributed by atoms with E-state index >= 15 is 0 Å². The minimum absolute atomic E-state index is 0.210. The summed E-state index contributed by atoms with van der Waals surface area (Å²) < 4.78 is 15.1. The average Bonchev–Trinajstić information content (AvgIpc) is 2.78. The van der Waals surface area contributed by atoms with E-state index in [-0.39, 0.29) is 12.4 Å². The van der Waals surface area contributed by atoms with Crippen LogP contribution in [0.4, 0.5) is 4.39 Å². The summed E-state index contributed by atoms with van der Waals surface area (Å²) in [7, 11) is 0. The van der Waals surface area contributed by atoms with Crippen molar-refractivity contribution in [1.82, 2.24) is 9.78 Å². The molecule has 0 amide bonds. The van der Waals surface area contributed by atoms with Gasteiger partial charge in [-0.25, -0.2) is 4.39 Å². The Hall–Kier alpha value is -1.68. The lowest BCUT2D eigenvalue weighted by Gasteiger charge is -2.02. The Balaban J connectivity index is 2.40. The number of aryl methyl sites for hydroxylation is 1. The van der Waals surface area contributed by atoms with Crippen molar-refractivity contribution >= 4 is 0 Å². The first-order valence-corrected chi connectivity index (χ1v) is 5.26. The number of nitrogens with two attached hydrogens (primary N) is 1. The molecule has 1 aromatic heterocycles. The van der Waals surface area contributed by atoms with E-state index in [0.29, 0.717) is 5.56 Å². The molecule has 0 saturated carbocycles. The first-order valence-electron chi connectivity index (χ1n) is 5.26. The molecule has 84 valence electrons. The maximum Gasteiger partial charge on any atom is 0.127 e. The maximum atomic E-state index is 13.3. The standard InChI is InChI=1S/C12H14FN3/c1-2-16-8-11(7-15-16)9-3-4-12(13)10(5-9)6-14/h3-5,7-8H,2,6,14H2,1H3. The van der Waals surface area contributed by atoms with Crippen LogP contribution in [0.25, 0.3) is 11.1 Å². The summed E-state index contributed by atoms with van der Waals surface area (Å²) in [5, 5.41) is 4.18. The van der Waals surface area contributed by atoms with Crippen molar-refractivity contribution in [1.29, 1.82) is 0 Å². The van der Waals surface area contributed by atoms with Crippen molar-refractivity contribution in [3.8, 4) is 11.1 Å². The van der Waals surface area contributed by atoms with E-state index in [2.05, 4.69) is 5.10 Å². The van der Waals surface area contributed by atoms with Gasteiger partial charge in [0.2, 0.25) is 0 Å². The highest BCUT2D eigenvalue weighted by atomic mass is 19.1. The molecule has 0 radical (unpaired) electrons. The first-order chi connectivity index (χ1) is 7.74. The fourth-order valence-corrected chi connectivity index (χ4v) is 1.60. The summed E-state index contributed by atoms with van der Waals surface area (Å²) in [5.74, 6) is -0.255. The maximum absolute atomic E-state index is 13.3. The second-order valence-corrected chi connectivity index (χ2v) is 3.60. The van der Waals surface area contributed by atoms with Gasteiger partial charge in [-0.15, -0.1) is 0 Å². The van der Waals surface area contributed by atoms with Gasteiger partial charge in [-0.2, -0.15) is 5.10 Å². The first kappa shape index (κ1) is 10.8. The molecule has 0 atom stereocenters. The average molecular weight is 219 g/mol. The predicted molar refractivity (Wildman–Crippen MR) is 61.2 cm³/mol. The van der Waals surface area contributed by atoms with Crippen molar-refractivity contribution in [2.24, 2.45) is 5.73 Å². The third kappa shape index (κ3) is 1.97. The topological polar surface area (TPSA) is 43.8 Å².